The quantitative estimate of drug-likeness (QED) is 0.805. The van der Waals surface area contributed by atoms with E-state index in [4.69, 9.17) is 0 Å². The highest BCUT2D eigenvalue weighted by molar-refractivity contribution is 5.91. The van der Waals surface area contributed by atoms with Gasteiger partial charge in [0.1, 0.15) is 6.04 Å². The van der Waals surface area contributed by atoms with Gasteiger partial charge in [-0.05, 0) is 37.5 Å². The Morgan fingerprint density at radius 3 is 2.35 bits per heavy atom. The summed E-state index contributed by atoms with van der Waals surface area (Å²) >= 11 is 0. The average molecular weight is 324 g/mol. The van der Waals surface area contributed by atoms with Gasteiger partial charge in [-0.3, -0.25) is 9.59 Å². The second-order valence-electron chi connectivity index (χ2n) is 7.43. The first-order valence-electron chi connectivity index (χ1n) is 8.62. The predicted molar refractivity (Wildman–Crippen MR) is 85.6 cm³/mol. The molecule has 6 heteroatoms. The number of carboxylic acid groups (broad SMARTS) is 1. The Morgan fingerprint density at radius 2 is 1.83 bits per heavy atom. The van der Waals surface area contributed by atoms with Gasteiger partial charge in [-0.1, -0.05) is 20.8 Å². The normalized spacial score (nSPS) is 29.7. The van der Waals surface area contributed by atoms with E-state index in [1.54, 1.807) is 13.8 Å². The van der Waals surface area contributed by atoms with Gasteiger partial charge in [0.05, 0.1) is 5.92 Å². The molecule has 2 atom stereocenters. The van der Waals surface area contributed by atoms with E-state index in [1.807, 2.05) is 4.90 Å². The smallest absolute Gasteiger partial charge is 0.326 e. The fourth-order valence-corrected chi connectivity index (χ4v) is 3.60. The molecule has 2 rings (SSSR count). The van der Waals surface area contributed by atoms with Crippen molar-refractivity contribution in [2.45, 2.75) is 65.0 Å². The van der Waals surface area contributed by atoms with Crippen LogP contribution < -0.4 is 5.32 Å². The largest absolute Gasteiger partial charge is 0.480 e. The minimum atomic E-state index is -1.03. The molecule has 1 saturated heterocycles. The molecule has 23 heavy (non-hydrogen) atoms. The van der Waals surface area contributed by atoms with E-state index in [1.165, 1.54) is 0 Å². The average Bonchev–Trinajstić information content (AvgIpc) is 2.86. The molecule has 1 aliphatic heterocycles. The molecule has 2 aliphatic rings. The number of carbonyl (C=O) groups is 3. The maximum Gasteiger partial charge on any atom is 0.326 e. The molecular weight excluding hydrogens is 296 g/mol. The number of amides is 2. The summed E-state index contributed by atoms with van der Waals surface area (Å²) in [7, 11) is 0. The molecule has 0 aromatic rings. The van der Waals surface area contributed by atoms with Crippen LogP contribution in [0.2, 0.25) is 0 Å². The Morgan fingerprint density at radius 1 is 1.22 bits per heavy atom. The van der Waals surface area contributed by atoms with Crippen LogP contribution >= 0.6 is 0 Å². The van der Waals surface area contributed by atoms with E-state index in [0.717, 1.165) is 25.7 Å². The van der Waals surface area contributed by atoms with Crippen LogP contribution in [0.1, 0.15) is 52.9 Å². The molecule has 1 aliphatic carbocycles. The lowest BCUT2D eigenvalue weighted by atomic mass is 9.86. The number of nitrogens with one attached hydrogen (secondary N) is 1. The van der Waals surface area contributed by atoms with Crippen molar-refractivity contribution in [3.8, 4) is 0 Å². The number of hydrogen-bond acceptors (Lipinski definition) is 3. The molecule has 0 spiro atoms. The molecule has 2 amide bonds. The van der Waals surface area contributed by atoms with Crippen molar-refractivity contribution < 1.29 is 19.5 Å². The summed E-state index contributed by atoms with van der Waals surface area (Å²) in [5.74, 6) is -1.22. The Kier molecular flexibility index (Phi) is 5.65. The van der Waals surface area contributed by atoms with Gasteiger partial charge in [0, 0.05) is 19.0 Å². The van der Waals surface area contributed by atoms with Gasteiger partial charge in [-0.15, -0.1) is 0 Å². The van der Waals surface area contributed by atoms with E-state index in [2.05, 4.69) is 12.2 Å². The maximum atomic E-state index is 12.3. The fourth-order valence-electron chi connectivity index (χ4n) is 3.60. The number of likely N-dealkylation sites (tertiary alicyclic amines) is 1. The molecule has 2 fully saturated rings. The molecule has 1 heterocycles. The lowest BCUT2D eigenvalue weighted by Gasteiger charge is -2.33. The SMILES string of the molecule is CC1CCC(N2CC(C(=O)N[C@@H](C(=O)O)C(C)C)CC2=O)CC1. The third-order valence-corrected chi connectivity index (χ3v) is 5.19. The van der Waals surface area contributed by atoms with Crippen LogP contribution in [0, 0.1) is 17.8 Å². The lowest BCUT2D eigenvalue weighted by Crippen LogP contribution is -2.47. The molecule has 0 bridgehead atoms. The maximum absolute atomic E-state index is 12.3. The van der Waals surface area contributed by atoms with Gasteiger partial charge in [-0.2, -0.15) is 0 Å². The van der Waals surface area contributed by atoms with Crippen LogP contribution in [0.25, 0.3) is 0 Å². The van der Waals surface area contributed by atoms with Crippen molar-refractivity contribution in [1.29, 1.82) is 0 Å². The molecule has 0 aromatic carbocycles. The van der Waals surface area contributed by atoms with E-state index >= 15 is 0 Å². The van der Waals surface area contributed by atoms with Crippen molar-refractivity contribution in [3.05, 3.63) is 0 Å². The number of rotatable bonds is 5. The van der Waals surface area contributed by atoms with Gasteiger partial charge >= 0.3 is 5.97 Å². The topological polar surface area (TPSA) is 86.7 Å². The molecule has 0 aromatic heterocycles. The standard InChI is InChI=1S/C17H28N2O4/c1-10(2)15(17(22)23)18-16(21)12-8-14(20)19(9-12)13-6-4-11(3)5-7-13/h10-13,15H,4-9H2,1-3H3,(H,18,21)(H,22,23)/t11?,12?,13?,15-/m1/s1. The zero-order valence-corrected chi connectivity index (χ0v) is 14.2. The molecule has 6 nitrogen and oxygen atoms in total. The van der Waals surface area contributed by atoms with Crippen molar-refractivity contribution in [1.82, 2.24) is 10.2 Å². The Labute approximate surface area is 137 Å². The molecule has 1 saturated carbocycles. The van der Waals surface area contributed by atoms with Gasteiger partial charge in [0.15, 0.2) is 0 Å². The summed E-state index contributed by atoms with van der Waals surface area (Å²) in [5.41, 5.74) is 0. The monoisotopic (exact) mass is 324 g/mol. The van der Waals surface area contributed by atoms with Gasteiger partial charge < -0.3 is 15.3 Å². The highest BCUT2D eigenvalue weighted by atomic mass is 16.4. The number of aliphatic carboxylic acids is 1. The third-order valence-electron chi connectivity index (χ3n) is 5.19. The summed E-state index contributed by atoms with van der Waals surface area (Å²) in [6.45, 7) is 6.17. The zero-order valence-electron chi connectivity index (χ0n) is 14.2. The van der Waals surface area contributed by atoms with Crippen LogP contribution in [-0.2, 0) is 14.4 Å². The molecule has 0 radical (unpaired) electrons. The fraction of sp³-hybridized carbons (Fsp3) is 0.824. The Balaban J connectivity index is 1.93. The van der Waals surface area contributed by atoms with Gasteiger partial charge in [0.2, 0.25) is 11.8 Å². The highest BCUT2D eigenvalue weighted by Gasteiger charge is 2.39. The summed E-state index contributed by atoms with van der Waals surface area (Å²) in [6.07, 6.45) is 4.46. The van der Waals surface area contributed by atoms with Gasteiger partial charge in [-0.25, -0.2) is 4.79 Å². The van der Waals surface area contributed by atoms with Crippen LogP contribution in [0.4, 0.5) is 0 Å². The van der Waals surface area contributed by atoms with Crippen LogP contribution in [0.3, 0.4) is 0 Å². The summed E-state index contributed by atoms with van der Waals surface area (Å²) in [5, 5.41) is 11.8. The first-order chi connectivity index (χ1) is 10.8. The first kappa shape index (κ1) is 17.8. The van der Waals surface area contributed by atoms with Crippen molar-refractivity contribution in [2.24, 2.45) is 17.8 Å². The van der Waals surface area contributed by atoms with E-state index in [0.29, 0.717) is 12.5 Å². The zero-order chi connectivity index (χ0) is 17.1. The van der Waals surface area contributed by atoms with Crippen molar-refractivity contribution >= 4 is 17.8 Å². The van der Waals surface area contributed by atoms with E-state index in [-0.39, 0.29) is 30.2 Å². The van der Waals surface area contributed by atoms with E-state index in [9.17, 15) is 19.5 Å². The molecule has 130 valence electrons. The minimum Gasteiger partial charge on any atom is -0.480 e. The molecular formula is C17H28N2O4. The second-order valence-corrected chi connectivity index (χ2v) is 7.43. The number of nitrogens with zero attached hydrogens (tertiary/aromatic N) is 1. The minimum absolute atomic E-state index is 0.0288. The third kappa shape index (κ3) is 4.24. The first-order valence-corrected chi connectivity index (χ1v) is 8.62. The predicted octanol–water partition coefficient (Wildman–Crippen LogP) is 1.64. The van der Waals surface area contributed by atoms with Crippen LogP contribution in [0.5, 0.6) is 0 Å². The van der Waals surface area contributed by atoms with Crippen molar-refractivity contribution in [2.75, 3.05) is 6.54 Å². The van der Waals surface area contributed by atoms with Crippen LogP contribution in [0.15, 0.2) is 0 Å². The summed E-state index contributed by atoms with van der Waals surface area (Å²) in [6, 6.07) is -0.654. The number of carbonyl (C=O) groups excluding carboxylic acids is 2. The Hall–Kier alpha value is -1.59. The summed E-state index contributed by atoms with van der Waals surface area (Å²) < 4.78 is 0. The Bertz CT molecular complexity index is 469. The number of hydrogen-bond donors (Lipinski definition) is 2. The molecule has 1 unspecified atom stereocenters. The highest BCUT2D eigenvalue weighted by Crippen LogP contribution is 2.31. The van der Waals surface area contributed by atoms with Crippen LogP contribution in [-0.4, -0.2) is 46.4 Å². The van der Waals surface area contributed by atoms with Crippen molar-refractivity contribution in [3.63, 3.8) is 0 Å². The lowest BCUT2D eigenvalue weighted by molar-refractivity contribution is -0.143. The second kappa shape index (κ2) is 7.32. The van der Waals surface area contributed by atoms with Gasteiger partial charge in [0.25, 0.3) is 0 Å². The number of carboxylic acids is 1. The van der Waals surface area contributed by atoms with E-state index < -0.39 is 17.9 Å². The summed E-state index contributed by atoms with van der Waals surface area (Å²) in [4.78, 5) is 37.6. The molecule has 2 N–H and O–H groups in total.